The van der Waals surface area contributed by atoms with E-state index in [2.05, 4.69) is 5.32 Å². The number of rotatable bonds is 7. The number of halogens is 7. The van der Waals surface area contributed by atoms with Crippen molar-refractivity contribution in [1.29, 1.82) is 0 Å². The molecular weight excluding hydrogens is 519 g/mol. The van der Waals surface area contributed by atoms with E-state index in [9.17, 15) is 40.3 Å². The fourth-order valence-electron chi connectivity index (χ4n) is 3.93. The zero-order valence-corrected chi connectivity index (χ0v) is 21.8. The maximum absolute atomic E-state index is 14.6. The van der Waals surface area contributed by atoms with Crippen molar-refractivity contribution in [1.82, 2.24) is 5.32 Å². The third-order valence-electron chi connectivity index (χ3n) is 5.93. The van der Waals surface area contributed by atoms with Crippen molar-refractivity contribution in [3.8, 4) is 0 Å². The van der Waals surface area contributed by atoms with Gasteiger partial charge in [-0.2, -0.15) is 26.3 Å². The van der Waals surface area contributed by atoms with E-state index in [0.717, 1.165) is 0 Å². The van der Waals surface area contributed by atoms with Crippen molar-refractivity contribution in [2.24, 2.45) is 0 Å². The van der Waals surface area contributed by atoms with E-state index >= 15 is 0 Å². The summed E-state index contributed by atoms with van der Waals surface area (Å²) in [6, 6.07) is 6.80. The monoisotopic (exact) mass is 549 g/mol. The number of Topliss-reactive ketones (excluding diaryl/α,β-unsaturated/α-hetero) is 1. The van der Waals surface area contributed by atoms with Crippen LogP contribution in [0.15, 0.2) is 36.4 Å². The van der Waals surface area contributed by atoms with Crippen LogP contribution in [0.25, 0.3) is 0 Å². The van der Waals surface area contributed by atoms with Gasteiger partial charge in [0.15, 0.2) is 5.78 Å². The summed E-state index contributed by atoms with van der Waals surface area (Å²) in [4.78, 5) is 24.9. The molecule has 1 unspecified atom stereocenters. The van der Waals surface area contributed by atoms with Gasteiger partial charge in [-0.25, -0.2) is 9.18 Å². The normalized spacial score (nSPS) is 13.7. The minimum Gasteiger partial charge on any atom is -0.444 e. The maximum atomic E-state index is 14.6. The van der Waals surface area contributed by atoms with Gasteiger partial charge in [0.25, 0.3) is 0 Å². The van der Waals surface area contributed by atoms with Crippen molar-refractivity contribution in [2.45, 2.75) is 84.0 Å². The fourth-order valence-corrected chi connectivity index (χ4v) is 3.93. The minimum atomic E-state index is -6.22. The molecule has 1 atom stereocenters. The quantitative estimate of drug-likeness (QED) is 0.283. The van der Waals surface area contributed by atoms with Crippen molar-refractivity contribution in [2.75, 3.05) is 0 Å². The van der Waals surface area contributed by atoms with E-state index in [1.54, 1.807) is 39.8 Å². The summed E-state index contributed by atoms with van der Waals surface area (Å²) in [6.45, 7) is 9.60. The Morgan fingerprint density at radius 1 is 0.921 bits per heavy atom. The molecule has 0 heterocycles. The second kappa shape index (κ2) is 10.9. The molecular formula is C27H30F7NO3. The molecule has 2 aromatic carbocycles. The first-order valence-corrected chi connectivity index (χ1v) is 11.8. The Morgan fingerprint density at radius 3 is 1.89 bits per heavy atom. The lowest BCUT2D eigenvalue weighted by molar-refractivity contribution is -0.348. The Morgan fingerprint density at radius 2 is 1.45 bits per heavy atom. The van der Waals surface area contributed by atoms with E-state index in [0.29, 0.717) is 17.7 Å². The van der Waals surface area contributed by atoms with Crippen LogP contribution in [0.5, 0.6) is 0 Å². The summed E-state index contributed by atoms with van der Waals surface area (Å²) >= 11 is 0. The van der Waals surface area contributed by atoms with Crippen LogP contribution in [0, 0.1) is 6.92 Å². The summed E-state index contributed by atoms with van der Waals surface area (Å²) in [6.07, 6.45) is -13.4. The fraction of sp³-hybridized carbons (Fsp3) is 0.481. The van der Waals surface area contributed by atoms with Gasteiger partial charge in [-0.1, -0.05) is 43.3 Å². The third kappa shape index (κ3) is 6.85. The Bertz CT molecular complexity index is 1150. The van der Waals surface area contributed by atoms with Crippen LogP contribution < -0.4 is 5.32 Å². The highest BCUT2D eigenvalue weighted by Gasteiger charge is 2.73. The zero-order valence-electron chi connectivity index (χ0n) is 21.8. The predicted octanol–water partition coefficient (Wildman–Crippen LogP) is 7.86. The number of hydrogen-bond acceptors (Lipinski definition) is 3. The lowest BCUT2D eigenvalue weighted by Crippen LogP contribution is -2.50. The van der Waals surface area contributed by atoms with Gasteiger partial charge in [0, 0.05) is 17.5 Å². The molecule has 0 saturated heterocycles. The largest absolute Gasteiger partial charge is 0.444 e. The molecule has 210 valence electrons. The van der Waals surface area contributed by atoms with Gasteiger partial charge < -0.3 is 10.1 Å². The van der Waals surface area contributed by atoms with E-state index in [-0.39, 0.29) is 35.1 Å². The van der Waals surface area contributed by atoms with E-state index in [4.69, 9.17) is 4.74 Å². The summed E-state index contributed by atoms with van der Waals surface area (Å²) in [5, 5.41) is 2.67. The standard InChI is InChI=1S/C27H30F7NO3/c1-7-17-13-20(25(28,26(29,30)31)27(32,33)34)12-15(2)21(17)14-22(36)19-10-8-18(9-11-19)16(3)35-23(37)38-24(4,5)6/h8-13,16H,7,14H2,1-6H3,(H,35,37). The number of nitrogens with one attached hydrogen (secondary N) is 1. The van der Waals surface area contributed by atoms with Gasteiger partial charge in [-0.05, 0) is 63.3 Å². The van der Waals surface area contributed by atoms with Crippen LogP contribution in [-0.2, 0) is 23.2 Å². The molecule has 0 bridgehead atoms. The van der Waals surface area contributed by atoms with Gasteiger partial charge in [0.05, 0.1) is 6.04 Å². The average molecular weight is 550 g/mol. The average Bonchev–Trinajstić information content (AvgIpc) is 2.76. The summed E-state index contributed by atoms with van der Waals surface area (Å²) in [5.74, 6) is -0.437. The van der Waals surface area contributed by atoms with E-state index < -0.39 is 47.1 Å². The first-order valence-electron chi connectivity index (χ1n) is 11.8. The Balaban J connectivity index is 2.30. The molecule has 4 nitrogen and oxygen atoms in total. The second-order valence-corrected chi connectivity index (χ2v) is 10.0. The highest BCUT2D eigenvalue weighted by atomic mass is 19.4. The Hall–Kier alpha value is -3.11. The number of carbonyl (C=O) groups excluding carboxylic acids is 2. The van der Waals surface area contributed by atoms with Gasteiger partial charge in [0.2, 0.25) is 0 Å². The van der Waals surface area contributed by atoms with Gasteiger partial charge in [-0.3, -0.25) is 4.79 Å². The van der Waals surface area contributed by atoms with Crippen LogP contribution in [0.3, 0.4) is 0 Å². The van der Waals surface area contributed by atoms with Crippen LogP contribution in [0.1, 0.15) is 78.8 Å². The number of amides is 1. The predicted molar refractivity (Wildman–Crippen MR) is 128 cm³/mol. The van der Waals surface area contributed by atoms with Crippen LogP contribution in [0.2, 0.25) is 0 Å². The number of benzene rings is 2. The summed E-state index contributed by atoms with van der Waals surface area (Å²) < 4.78 is 99.2. The lowest BCUT2D eigenvalue weighted by atomic mass is 9.86. The van der Waals surface area contributed by atoms with Crippen molar-refractivity contribution in [3.05, 3.63) is 69.8 Å². The molecule has 38 heavy (non-hydrogen) atoms. The molecule has 0 aliphatic carbocycles. The third-order valence-corrected chi connectivity index (χ3v) is 5.93. The first-order chi connectivity index (χ1) is 17.2. The molecule has 0 saturated carbocycles. The SMILES string of the molecule is CCc1cc(C(F)(C(F)(F)F)C(F)(F)F)cc(C)c1CC(=O)c1ccc(C(C)NC(=O)OC(C)(C)C)cc1. The van der Waals surface area contributed by atoms with Crippen LogP contribution in [-0.4, -0.2) is 29.8 Å². The van der Waals surface area contributed by atoms with E-state index in [1.165, 1.54) is 26.0 Å². The number of alkyl carbamates (subject to hydrolysis) is 1. The molecule has 11 heteroatoms. The summed E-state index contributed by atoms with van der Waals surface area (Å²) in [5.41, 5.74) is -6.70. The van der Waals surface area contributed by atoms with E-state index in [1.807, 2.05) is 0 Å². The number of ketones is 1. The molecule has 0 radical (unpaired) electrons. The van der Waals surface area contributed by atoms with Crippen LogP contribution >= 0.6 is 0 Å². The van der Waals surface area contributed by atoms with Gasteiger partial charge >= 0.3 is 24.1 Å². The minimum absolute atomic E-state index is 0.00989. The van der Waals surface area contributed by atoms with Crippen molar-refractivity contribution >= 4 is 11.9 Å². The van der Waals surface area contributed by atoms with Crippen LogP contribution in [0.4, 0.5) is 35.5 Å². The number of carbonyl (C=O) groups is 2. The molecule has 0 fully saturated rings. The number of ether oxygens (including phenoxy) is 1. The molecule has 0 aliphatic heterocycles. The van der Waals surface area contributed by atoms with Crippen molar-refractivity contribution in [3.63, 3.8) is 0 Å². The maximum Gasteiger partial charge on any atom is 0.435 e. The van der Waals surface area contributed by atoms with Gasteiger partial charge in [-0.15, -0.1) is 0 Å². The molecule has 2 rings (SSSR count). The second-order valence-electron chi connectivity index (χ2n) is 10.0. The zero-order chi connectivity index (χ0) is 29.3. The highest BCUT2D eigenvalue weighted by Crippen LogP contribution is 2.53. The topological polar surface area (TPSA) is 55.4 Å². The molecule has 1 amide bonds. The molecule has 0 aromatic heterocycles. The molecule has 0 spiro atoms. The molecule has 1 N–H and O–H groups in total. The Labute approximate surface area is 216 Å². The summed E-state index contributed by atoms with van der Waals surface area (Å²) in [7, 11) is 0. The smallest absolute Gasteiger partial charge is 0.435 e. The van der Waals surface area contributed by atoms with Crippen molar-refractivity contribution < 1.29 is 45.1 Å². The first kappa shape index (κ1) is 31.1. The Kier molecular flexibility index (Phi) is 8.96. The van der Waals surface area contributed by atoms with Gasteiger partial charge in [0.1, 0.15) is 5.60 Å². The number of alkyl halides is 7. The highest BCUT2D eigenvalue weighted by molar-refractivity contribution is 5.97. The number of aryl methyl sites for hydroxylation is 2. The molecule has 0 aliphatic rings. The lowest BCUT2D eigenvalue weighted by Gasteiger charge is -2.31. The number of hydrogen-bond donors (Lipinski definition) is 1. The molecule has 2 aromatic rings.